The van der Waals surface area contributed by atoms with Crippen molar-refractivity contribution in [2.24, 2.45) is 5.73 Å². The Morgan fingerprint density at radius 2 is 1.89 bits per heavy atom. The molecule has 0 spiro atoms. The Labute approximate surface area is 120 Å². The maximum atomic E-state index is 11.9. The van der Waals surface area contributed by atoms with Gasteiger partial charge >= 0.3 is 0 Å². The van der Waals surface area contributed by atoms with Crippen LogP contribution in [-0.2, 0) is 11.3 Å². The molecule has 0 bridgehead atoms. The molecule has 3 nitrogen and oxygen atoms in total. The van der Waals surface area contributed by atoms with Crippen molar-refractivity contribution in [1.29, 1.82) is 0 Å². The number of benzene rings is 1. The Hall–Kier alpha value is -1.00. The lowest BCUT2D eigenvalue weighted by molar-refractivity contribution is -0.122. The van der Waals surface area contributed by atoms with E-state index in [1.54, 1.807) is 11.8 Å². The minimum absolute atomic E-state index is 0.0616. The van der Waals surface area contributed by atoms with E-state index in [4.69, 9.17) is 5.73 Å². The SMILES string of the molecule is CSCC[C@H](N)C(=O)NCc1c(C)cc(C)cc1C. The summed E-state index contributed by atoms with van der Waals surface area (Å²) in [6.07, 6.45) is 2.74. The van der Waals surface area contributed by atoms with Crippen LogP contribution in [0.2, 0.25) is 0 Å². The van der Waals surface area contributed by atoms with Gasteiger partial charge in [-0.1, -0.05) is 17.7 Å². The van der Waals surface area contributed by atoms with Crippen LogP contribution >= 0.6 is 11.8 Å². The Morgan fingerprint density at radius 1 is 1.32 bits per heavy atom. The van der Waals surface area contributed by atoms with E-state index in [2.05, 4.69) is 38.2 Å². The molecule has 0 unspecified atom stereocenters. The standard InChI is InChI=1S/C15H24N2OS/c1-10-7-11(2)13(12(3)8-10)9-17-15(18)14(16)5-6-19-4/h7-8,14H,5-6,9,16H2,1-4H3,(H,17,18)/t14-/m0/s1. The Morgan fingerprint density at radius 3 is 2.42 bits per heavy atom. The molecule has 1 amide bonds. The van der Waals surface area contributed by atoms with Crippen molar-refractivity contribution in [3.05, 3.63) is 34.4 Å². The zero-order valence-electron chi connectivity index (χ0n) is 12.2. The number of nitrogens with two attached hydrogens (primary N) is 1. The summed E-state index contributed by atoms with van der Waals surface area (Å²) in [6.45, 7) is 6.80. The van der Waals surface area contributed by atoms with Crippen LogP contribution in [0.5, 0.6) is 0 Å². The van der Waals surface area contributed by atoms with Gasteiger partial charge in [0.25, 0.3) is 0 Å². The van der Waals surface area contributed by atoms with E-state index < -0.39 is 6.04 Å². The van der Waals surface area contributed by atoms with Crippen LogP contribution in [0, 0.1) is 20.8 Å². The van der Waals surface area contributed by atoms with Gasteiger partial charge in [0.15, 0.2) is 0 Å². The van der Waals surface area contributed by atoms with E-state index in [9.17, 15) is 4.79 Å². The predicted octanol–water partition coefficient (Wildman–Crippen LogP) is 2.31. The highest BCUT2D eigenvalue weighted by Crippen LogP contribution is 2.16. The summed E-state index contributed by atoms with van der Waals surface area (Å²) >= 11 is 1.71. The second-order valence-electron chi connectivity index (χ2n) is 4.98. The van der Waals surface area contributed by atoms with Crippen LogP contribution in [0.25, 0.3) is 0 Å². The van der Waals surface area contributed by atoms with Crippen LogP contribution in [0.15, 0.2) is 12.1 Å². The summed E-state index contributed by atoms with van der Waals surface area (Å²) in [6, 6.07) is 3.88. The molecule has 0 aliphatic heterocycles. The monoisotopic (exact) mass is 280 g/mol. The first-order valence-corrected chi connectivity index (χ1v) is 7.94. The zero-order valence-corrected chi connectivity index (χ0v) is 13.1. The van der Waals surface area contributed by atoms with Gasteiger partial charge in [-0.05, 0) is 55.9 Å². The van der Waals surface area contributed by atoms with Gasteiger partial charge in [-0.3, -0.25) is 4.79 Å². The molecule has 0 aromatic heterocycles. The summed E-state index contributed by atoms with van der Waals surface area (Å²) in [4.78, 5) is 11.9. The topological polar surface area (TPSA) is 55.1 Å². The molecule has 1 aromatic carbocycles. The smallest absolute Gasteiger partial charge is 0.237 e. The van der Waals surface area contributed by atoms with Gasteiger partial charge in [0, 0.05) is 6.54 Å². The summed E-state index contributed by atoms with van der Waals surface area (Å²) in [7, 11) is 0. The van der Waals surface area contributed by atoms with Crippen LogP contribution in [0.3, 0.4) is 0 Å². The number of hydrogen-bond acceptors (Lipinski definition) is 3. The fourth-order valence-electron chi connectivity index (χ4n) is 2.17. The average Bonchev–Trinajstić information content (AvgIpc) is 2.34. The molecule has 0 saturated carbocycles. The third-order valence-electron chi connectivity index (χ3n) is 3.25. The van der Waals surface area contributed by atoms with Crippen molar-refractivity contribution in [2.75, 3.05) is 12.0 Å². The fraction of sp³-hybridized carbons (Fsp3) is 0.533. The van der Waals surface area contributed by atoms with Crippen molar-refractivity contribution in [3.8, 4) is 0 Å². The summed E-state index contributed by atoms with van der Waals surface area (Å²) in [5, 5.41) is 2.94. The molecule has 0 aliphatic carbocycles. The maximum absolute atomic E-state index is 11.9. The van der Waals surface area contributed by atoms with E-state index in [0.29, 0.717) is 6.54 Å². The normalized spacial score (nSPS) is 12.3. The molecular formula is C15H24N2OS. The molecule has 1 atom stereocenters. The fourth-order valence-corrected chi connectivity index (χ4v) is 2.66. The number of nitrogens with one attached hydrogen (secondary N) is 1. The molecule has 1 rings (SSSR count). The van der Waals surface area contributed by atoms with Crippen molar-refractivity contribution in [3.63, 3.8) is 0 Å². The highest BCUT2D eigenvalue weighted by molar-refractivity contribution is 7.98. The summed E-state index contributed by atoms with van der Waals surface area (Å²) in [5.74, 6) is 0.852. The first-order valence-electron chi connectivity index (χ1n) is 6.54. The number of thioether (sulfide) groups is 1. The largest absolute Gasteiger partial charge is 0.351 e. The van der Waals surface area contributed by atoms with Gasteiger partial charge < -0.3 is 11.1 Å². The van der Waals surface area contributed by atoms with E-state index in [-0.39, 0.29) is 5.91 Å². The molecule has 1 aromatic rings. The average molecular weight is 280 g/mol. The highest BCUT2D eigenvalue weighted by atomic mass is 32.2. The van der Waals surface area contributed by atoms with Crippen LogP contribution in [0.4, 0.5) is 0 Å². The second kappa shape index (κ2) is 7.56. The van der Waals surface area contributed by atoms with E-state index in [0.717, 1.165) is 12.2 Å². The number of carbonyl (C=O) groups is 1. The van der Waals surface area contributed by atoms with Crippen LogP contribution < -0.4 is 11.1 Å². The van der Waals surface area contributed by atoms with Crippen molar-refractivity contribution in [1.82, 2.24) is 5.32 Å². The minimum Gasteiger partial charge on any atom is -0.351 e. The van der Waals surface area contributed by atoms with Crippen LogP contribution in [0.1, 0.15) is 28.7 Å². The lowest BCUT2D eigenvalue weighted by Gasteiger charge is -2.15. The minimum atomic E-state index is -0.404. The molecule has 0 aliphatic rings. The van der Waals surface area contributed by atoms with E-state index >= 15 is 0 Å². The van der Waals surface area contributed by atoms with Gasteiger partial charge in [-0.2, -0.15) is 11.8 Å². The van der Waals surface area contributed by atoms with Gasteiger partial charge in [0.2, 0.25) is 5.91 Å². The summed E-state index contributed by atoms with van der Waals surface area (Å²) in [5.41, 5.74) is 10.7. The van der Waals surface area contributed by atoms with E-state index in [1.165, 1.54) is 22.3 Å². The molecule has 0 fully saturated rings. The van der Waals surface area contributed by atoms with E-state index in [1.807, 2.05) is 6.26 Å². The Bertz CT molecular complexity index is 423. The molecule has 0 heterocycles. The maximum Gasteiger partial charge on any atom is 0.237 e. The lowest BCUT2D eigenvalue weighted by Crippen LogP contribution is -2.40. The van der Waals surface area contributed by atoms with Gasteiger partial charge in [-0.25, -0.2) is 0 Å². The first-order chi connectivity index (χ1) is 8.95. The number of hydrogen-bond donors (Lipinski definition) is 2. The molecule has 4 heteroatoms. The Balaban J connectivity index is 2.60. The lowest BCUT2D eigenvalue weighted by atomic mass is 10.00. The number of carbonyl (C=O) groups excluding carboxylic acids is 1. The molecule has 106 valence electrons. The van der Waals surface area contributed by atoms with Gasteiger partial charge in [-0.15, -0.1) is 0 Å². The highest BCUT2D eigenvalue weighted by Gasteiger charge is 2.13. The van der Waals surface area contributed by atoms with Crippen LogP contribution in [-0.4, -0.2) is 24.0 Å². The zero-order chi connectivity index (χ0) is 14.4. The third-order valence-corrected chi connectivity index (χ3v) is 3.89. The summed E-state index contributed by atoms with van der Waals surface area (Å²) < 4.78 is 0. The molecular weight excluding hydrogens is 256 g/mol. The second-order valence-corrected chi connectivity index (χ2v) is 5.97. The quantitative estimate of drug-likeness (QED) is 0.841. The Kier molecular flexibility index (Phi) is 6.38. The molecule has 19 heavy (non-hydrogen) atoms. The van der Waals surface area contributed by atoms with Gasteiger partial charge in [0.05, 0.1) is 6.04 Å². The predicted molar refractivity (Wildman–Crippen MR) is 83.5 cm³/mol. The number of aryl methyl sites for hydroxylation is 3. The first kappa shape index (κ1) is 16.1. The van der Waals surface area contributed by atoms with Gasteiger partial charge in [0.1, 0.15) is 0 Å². The van der Waals surface area contributed by atoms with Crippen molar-refractivity contribution in [2.45, 2.75) is 39.8 Å². The number of amides is 1. The third kappa shape index (κ3) is 4.88. The number of rotatable bonds is 6. The van der Waals surface area contributed by atoms with Crippen molar-refractivity contribution < 1.29 is 4.79 Å². The molecule has 0 saturated heterocycles. The van der Waals surface area contributed by atoms with Crippen molar-refractivity contribution >= 4 is 17.7 Å². The molecule has 3 N–H and O–H groups in total. The molecule has 0 radical (unpaired) electrons.